The third kappa shape index (κ3) is 4.08. The number of rotatable bonds is 6. The largest absolute Gasteiger partial charge is 0.489 e. The molecule has 0 unspecified atom stereocenters. The molecule has 1 amide bonds. The lowest BCUT2D eigenvalue weighted by molar-refractivity contribution is 0.101. The number of aryl methyl sites for hydroxylation is 2. The molecule has 0 spiro atoms. The molecule has 5 nitrogen and oxygen atoms in total. The molecule has 1 N–H and O–H groups in total. The molecular weight excluding hydrogens is 335 g/mol. The number of halogens is 1. The van der Waals surface area contributed by atoms with Gasteiger partial charge in [-0.15, -0.1) is 0 Å². The molecule has 0 atom stereocenters. The summed E-state index contributed by atoms with van der Waals surface area (Å²) in [6, 6.07) is 13.3. The molecule has 0 aliphatic rings. The van der Waals surface area contributed by atoms with Crippen molar-refractivity contribution in [3.63, 3.8) is 0 Å². The maximum atomic E-state index is 13.0. The Morgan fingerprint density at radius 3 is 2.50 bits per heavy atom. The maximum Gasteiger partial charge on any atom is 0.278 e. The number of carbonyl (C=O) groups is 1. The van der Waals surface area contributed by atoms with Crippen molar-refractivity contribution in [3.8, 4) is 5.75 Å². The highest BCUT2D eigenvalue weighted by Gasteiger charge is 2.20. The number of hydrogen-bond donors (Lipinski definition) is 1. The second kappa shape index (κ2) is 7.82. The van der Waals surface area contributed by atoms with Gasteiger partial charge in [0.1, 0.15) is 23.9 Å². The molecule has 0 fully saturated rings. The molecule has 3 aromatic rings. The minimum absolute atomic E-state index is 0.0957. The number of aromatic nitrogens is 1. The summed E-state index contributed by atoms with van der Waals surface area (Å²) in [4.78, 5) is 12.5. The van der Waals surface area contributed by atoms with Crippen molar-refractivity contribution in [3.05, 3.63) is 76.9 Å². The summed E-state index contributed by atoms with van der Waals surface area (Å²) in [6.07, 6.45) is 0.932. The highest BCUT2D eigenvalue weighted by atomic mass is 19.1. The lowest BCUT2D eigenvalue weighted by Crippen LogP contribution is -2.15. The molecule has 2 aromatic carbocycles. The lowest BCUT2D eigenvalue weighted by atomic mass is 10.1. The lowest BCUT2D eigenvalue weighted by Gasteiger charge is -2.08. The second-order valence-corrected chi connectivity index (χ2v) is 5.81. The van der Waals surface area contributed by atoms with Crippen LogP contribution in [0.1, 0.15) is 34.3 Å². The van der Waals surface area contributed by atoms with Gasteiger partial charge in [-0.3, -0.25) is 4.79 Å². The van der Waals surface area contributed by atoms with Gasteiger partial charge in [0.15, 0.2) is 5.69 Å². The van der Waals surface area contributed by atoms with Crippen LogP contribution >= 0.6 is 0 Å². The van der Waals surface area contributed by atoms with Gasteiger partial charge < -0.3 is 14.6 Å². The Balaban J connectivity index is 1.71. The number of amides is 1. The van der Waals surface area contributed by atoms with E-state index in [0.717, 1.165) is 6.42 Å². The third-order valence-corrected chi connectivity index (χ3v) is 4.02. The molecule has 6 heteroatoms. The van der Waals surface area contributed by atoms with Gasteiger partial charge in [0, 0.05) is 5.69 Å². The molecular formula is C20H19FN2O3. The van der Waals surface area contributed by atoms with Crippen molar-refractivity contribution in [2.45, 2.75) is 26.9 Å². The second-order valence-electron chi connectivity index (χ2n) is 5.81. The van der Waals surface area contributed by atoms with Crippen molar-refractivity contribution in [2.75, 3.05) is 5.32 Å². The molecule has 0 radical (unpaired) electrons. The Morgan fingerprint density at radius 2 is 1.85 bits per heavy atom. The molecule has 134 valence electrons. The van der Waals surface area contributed by atoms with Crippen LogP contribution in [-0.2, 0) is 13.0 Å². The third-order valence-electron chi connectivity index (χ3n) is 4.02. The predicted molar refractivity (Wildman–Crippen MR) is 95.7 cm³/mol. The van der Waals surface area contributed by atoms with Gasteiger partial charge in [-0.05, 0) is 55.3 Å². The molecule has 1 aromatic heterocycles. The van der Waals surface area contributed by atoms with Crippen molar-refractivity contribution in [1.82, 2.24) is 5.16 Å². The van der Waals surface area contributed by atoms with Crippen molar-refractivity contribution in [1.29, 1.82) is 0 Å². The van der Waals surface area contributed by atoms with Crippen LogP contribution in [-0.4, -0.2) is 11.1 Å². The van der Waals surface area contributed by atoms with Crippen LogP contribution in [0.15, 0.2) is 53.1 Å². The van der Waals surface area contributed by atoms with Crippen molar-refractivity contribution in [2.24, 2.45) is 0 Å². The first-order valence-corrected chi connectivity index (χ1v) is 8.30. The molecule has 0 bridgehead atoms. The Labute approximate surface area is 150 Å². The summed E-state index contributed by atoms with van der Waals surface area (Å²) in [7, 11) is 0. The van der Waals surface area contributed by atoms with Gasteiger partial charge in [0.2, 0.25) is 0 Å². The van der Waals surface area contributed by atoms with E-state index < -0.39 is 0 Å². The molecule has 26 heavy (non-hydrogen) atoms. The van der Waals surface area contributed by atoms with Crippen molar-refractivity contribution >= 4 is 11.6 Å². The molecule has 1 heterocycles. The zero-order valence-electron chi connectivity index (χ0n) is 14.6. The molecule has 0 aliphatic heterocycles. The standard InChI is InChI=1S/C20H19FN2O3/c1-3-14-4-8-16(9-5-14)22-20(24)19-18(13(2)26-23-19)12-25-17-10-6-15(21)7-11-17/h4-11H,3,12H2,1-2H3,(H,22,24). The van der Waals surface area contributed by atoms with Crippen LogP contribution in [0.2, 0.25) is 0 Å². The Morgan fingerprint density at radius 1 is 1.15 bits per heavy atom. The monoisotopic (exact) mass is 354 g/mol. The average molecular weight is 354 g/mol. The summed E-state index contributed by atoms with van der Waals surface area (Å²) in [5.74, 6) is 0.281. The van der Waals surface area contributed by atoms with E-state index in [-0.39, 0.29) is 24.0 Å². The average Bonchev–Trinajstić information content (AvgIpc) is 3.02. The van der Waals surface area contributed by atoms with Crippen LogP contribution < -0.4 is 10.1 Å². The summed E-state index contributed by atoms with van der Waals surface area (Å²) in [6.45, 7) is 3.88. The number of carbonyl (C=O) groups excluding carboxylic acids is 1. The number of hydrogen-bond acceptors (Lipinski definition) is 4. The molecule has 0 aliphatic carbocycles. The highest BCUT2D eigenvalue weighted by molar-refractivity contribution is 6.03. The van der Waals surface area contributed by atoms with Crippen LogP contribution in [0.3, 0.4) is 0 Å². The first-order chi connectivity index (χ1) is 12.6. The quantitative estimate of drug-likeness (QED) is 0.707. The van der Waals surface area contributed by atoms with E-state index in [1.807, 2.05) is 24.3 Å². The fourth-order valence-corrected chi connectivity index (χ4v) is 2.44. The van der Waals surface area contributed by atoms with Crippen molar-refractivity contribution < 1.29 is 18.4 Å². The first-order valence-electron chi connectivity index (χ1n) is 8.30. The van der Waals surface area contributed by atoms with E-state index in [4.69, 9.17) is 9.26 Å². The normalized spacial score (nSPS) is 10.6. The van der Waals surface area contributed by atoms with Crippen LogP contribution in [0.25, 0.3) is 0 Å². The fourth-order valence-electron chi connectivity index (χ4n) is 2.44. The number of ether oxygens (including phenoxy) is 1. The van der Waals surface area contributed by atoms with Gasteiger partial charge in [-0.25, -0.2) is 4.39 Å². The van der Waals surface area contributed by atoms with Gasteiger partial charge in [0.05, 0.1) is 5.56 Å². The minimum Gasteiger partial charge on any atom is -0.489 e. The van der Waals surface area contributed by atoms with Gasteiger partial charge in [0.25, 0.3) is 5.91 Å². The van der Waals surface area contributed by atoms with Crippen LogP contribution in [0.4, 0.5) is 10.1 Å². The van der Waals surface area contributed by atoms with E-state index in [2.05, 4.69) is 17.4 Å². The van der Waals surface area contributed by atoms with Gasteiger partial charge in [-0.1, -0.05) is 24.2 Å². The summed E-state index contributed by atoms with van der Waals surface area (Å²) in [5, 5.41) is 6.65. The van der Waals surface area contributed by atoms with E-state index in [9.17, 15) is 9.18 Å². The van der Waals surface area contributed by atoms with E-state index in [0.29, 0.717) is 22.8 Å². The van der Waals surface area contributed by atoms with E-state index in [1.54, 1.807) is 6.92 Å². The molecule has 3 rings (SSSR count). The number of nitrogens with zero attached hydrogens (tertiary/aromatic N) is 1. The number of nitrogens with one attached hydrogen (secondary N) is 1. The minimum atomic E-state index is -0.371. The molecule has 0 saturated heterocycles. The zero-order valence-corrected chi connectivity index (χ0v) is 14.6. The van der Waals surface area contributed by atoms with Crippen LogP contribution in [0, 0.1) is 12.7 Å². The van der Waals surface area contributed by atoms with Crippen LogP contribution in [0.5, 0.6) is 5.75 Å². The maximum absolute atomic E-state index is 13.0. The SMILES string of the molecule is CCc1ccc(NC(=O)c2noc(C)c2COc2ccc(F)cc2)cc1. The summed E-state index contributed by atoms with van der Waals surface area (Å²) in [5.41, 5.74) is 2.59. The molecule has 0 saturated carbocycles. The van der Waals surface area contributed by atoms with Gasteiger partial charge >= 0.3 is 0 Å². The predicted octanol–water partition coefficient (Wildman–Crippen LogP) is 4.52. The Kier molecular flexibility index (Phi) is 5.31. The number of benzene rings is 2. The summed E-state index contributed by atoms with van der Waals surface area (Å²) < 4.78 is 23.7. The summed E-state index contributed by atoms with van der Waals surface area (Å²) >= 11 is 0. The first kappa shape index (κ1) is 17.7. The zero-order chi connectivity index (χ0) is 18.5. The highest BCUT2D eigenvalue weighted by Crippen LogP contribution is 2.20. The number of anilines is 1. The topological polar surface area (TPSA) is 64.4 Å². The Hall–Kier alpha value is -3.15. The smallest absolute Gasteiger partial charge is 0.278 e. The van der Waals surface area contributed by atoms with Gasteiger partial charge in [-0.2, -0.15) is 0 Å². The van der Waals surface area contributed by atoms with E-state index >= 15 is 0 Å². The fraction of sp³-hybridized carbons (Fsp3) is 0.200. The Bertz CT molecular complexity index is 886. The van der Waals surface area contributed by atoms with E-state index in [1.165, 1.54) is 29.8 Å².